The minimum atomic E-state index is -0.358. The molecule has 8 heteroatoms. The van der Waals surface area contributed by atoms with Crippen LogP contribution in [0.5, 0.6) is 0 Å². The van der Waals surface area contributed by atoms with E-state index in [0.717, 1.165) is 12.8 Å². The molecule has 0 bridgehead atoms. The summed E-state index contributed by atoms with van der Waals surface area (Å²) in [5.41, 5.74) is 5.24. The molecule has 128 valence electrons. The number of fused-ring (bicyclic) bond motifs is 1. The molecule has 2 N–H and O–H groups in total. The highest BCUT2D eigenvalue weighted by Crippen LogP contribution is 2.22. The van der Waals surface area contributed by atoms with E-state index in [9.17, 15) is 14.4 Å². The van der Waals surface area contributed by atoms with Gasteiger partial charge in [0.1, 0.15) is 4.83 Å². The third-order valence-electron chi connectivity index (χ3n) is 4.62. The SMILES string of the molecule is C[C@@H]1CC[C@@H](C(N)=O)CN1C(=O)CCn1cnc2sccc2c1=O. The second kappa shape index (κ2) is 6.72. The van der Waals surface area contributed by atoms with Crippen molar-refractivity contribution in [1.29, 1.82) is 0 Å². The van der Waals surface area contributed by atoms with Crippen molar-refractivity contribution in [1.82, 2.24) is 14.5 Å². The lowest BCUT2D eigenvalue weighted by Crippen LogP contribution is -2.48. The summed E-state index contributed by atoms with van der Waals surface area (Å²) in [5.74, 6) is -0.703. The van der Waals surface area contributed by atoms with Crippen LogP contribution >= 0.6 is 11.3 Å². The number of thiophene rings is 1. The second-order valence-corrected chi connectivity index (χ2v) is 7.10. The summed E-state index contributed by atoms with van der Waals surface area (Å²) in [5, 5.41) is 2.41. The lowest BCUT2D eigenvalue weighted by atomic mass is 9.92. The third-order valence-corrected chi connectivity index (χ3v) is 5.44. The number of likely N-dealkylation sites (tertiary alicyclic amines) is 1. The first-order chi connectivity index (χ1) is 11.5. The molecule has 0 aromatic carbocycles. The zero-order valence-electron chi connectivity index (χ0n) is 13.5. The fourth-order valence-corrected chi connectivity index (χ4v) is 3.82. The quantitative estimate of drug-likeness (QED) is 0.890. The van der Waals surface area contributed by atoms with Gasteiger partial charge < -0.3 is 10.6 Å². The minimum Gasteiger partial charge on any atom is -0.369 e. The minimum absolute atomic E-state index is 0.0641. The van der Waals surface area contributed by atoms with Crippen molar-refractivity contribution in [2.75, 3.05) is 6.54 Å². The average molecular weight is 348 g/mol. The van der Waals surface area contributed by atoms with E-state index in [-0.39, 0.29) is 42.3 Å². The van der Waals surface area contributed by atoms with Gasteiger partial charge in [-0.2, -0.15) is 0 Å². The monoisotopic (exact) mass is 348 g/mol. The number of nitrogens with zero attached hydrogens (tertiary/aromatic N) is 3. The van der Waals surface area contributed by atoms with E-state index in [1.54, 1.807) is 11.0 Å². The van der Waals surface area contributed by atoms with E-state index < -0.39 is 0 Å². The first kappa shape index (κ1) is 16.6. The molecule has 0 spiro atoms. The van der Waals surface area contributed by atoms with Crippen molar-refractivity contribution in [2.24, 2.45) is 11.7 Å². The molecule has 1 aliphatic rings. The van der Waals surface area contributed by atoms with E-state index in [0.29, 0.717) is 16.8 Å². The number of piperidine rings is 1. The molecule has 0 unspecified atom stereocenters. The number of hydrogen-bond donors (Lipinski definition) is 1. The number of nitrogens with two attached hydrogens (primary N) is 1. The number of amides is 2. The molecular formula is C16H20N4O3S. The molecule has 3 heterocycles. The van der Waals surface area contributed by atoms with Gasteiger partial charge in [0.15, 0.2) is 0 Å². The highest BCUT2D eigenvalue weighted by Gasteiger charge is 2.31. The molecule has 7 nitrogen and oxygen atoms in total. The lowest BCUT2D eigenvalue weighted by Gasteiger charge is -2.37. The van der Waals surface area contributed by atoms with Crippen LogP contribution in [0.4, 0.5) is 0 Å². The Morgan fingerprint density at radius 3 is 2.96 bits per heavy atom. The van der Waals surface area contributed by atoms with Gasteiger partial charge in [-0.05, 0) is 31.2 Å². The number of rotatable bonds is 4. The van der Waals surface area contributed by atoms with Gasteiger partial charge in [0.25, 0.3) is 5.56 Å². The van der Waals surface area contributed by atoms with Crippen molar-refractivity contribution in [3.8, 4) is 0 Å². The van der Waals surface area contributed by atoms with Crippen molar-refractivity contribution in [2.45, 2.75) is 38.8 Å². The molecule has 2 aromatic heterocycles. The molecule has 0 saturated carbocycles. The van der Waals surface area contributed by atoms with Crippen LogP contribution < -0.4 is 11.3 Å². The van der Waals surface area contributed by atoms with E-state index in [2.05, 4.69) is 4.98 Å². The van der Waals surface area contributed by atoms with Crippen LogP contribution in [0.3, 0.4) is 0 Å². The Bertz CT molecular complexity index is 828. The number of carbonyl (C=O) groups is 2. The van der Waals surface area contributed by atoms with Gasteiger partial charge >= 0.3 is 0 Å². The molecule has 1 saturated heterocycles. The fourth-order valence-electron chi connectivity index (χ4n) is 3.10. The van der Waals surface area contributed by atoms with Crippen molar-refractivity contribution in [3.63, 3.8) is 0 Å². The van der Waals surface area contributed by atoms with Crippen LogP contribution in [0.2, 0.25) is 0 Å². The Kier molecular flexibility index (Phi) is 4.66. The summed E-state index contributed by atoms with van der Waals surface area (Å²) < 4.78 is 1.47. The molecule has 1 fully saturated rings. The van der Waals surface area contributed by atoms with E-state index in [1.165, 1.54) is 22.2 Å². The smallest absolute Gasteiger partial charge is 0.262 e. The first-order valence-electron chi connectivity index (χ1n) is 7.99. The van der Waals surface area contributed by atoms with Gasteiger partial charge in [-0.15, -0.1) is 11.3 Å². The van der Waals surface area contributed by atoms with Crippen LogP contribution in [0.25, 0.3) is 10.2 Å². The molecule has 24 heavy (non-hydrogen) atoms. The number of hydrogen-bond acceptors (Lipinski definition) is 5. The summed E-state index contributed by atoms with van der Waals surface area (Å²) in [4.78, 5) is 42.9. The van der Waals surface area contributed by atoms with Gasteiger partial charge in [0, 0.05) is 25.6 Å². The van der Waals surface area contributed by atoms with Crippen LogP contribution in [0.1, 0.15) is 26.2 Å². The standard InChI is InChI=1S/C16H20N4O3S/c1-10-2-3-11(14(17)22)8-20(10)13(21)4-6-19-9-18-15-12(16(19)23)5-7-24-15/h5,7,9-11H,2-4,6,8H2,1H3,(H2,17,22)/t10-,11-/m1/s1. The van der Waals surface area contributed by atoms with Gasteiger partial charge in [-0.3, -0.25) is 19.0 Å². The van der Waals surface area contributed by atoms with E-state index in [1.807, 2.05) is 12.3 Å². The summed E-state index contributed by atoms with van der Waals surface area (Å²) in [6.07, 6.45) is 3.17. The van der Waals surface area contributed by atoms with Crippen LogP contribution in [-0.2, 0) is 16.1 Å². The number of aryl methyl sites for hydroxylation is 1. The molecular weight excluding hydrogens is 328 g/mol. The predicted molar refractivity (Wildman–Crippen MR) is 91.6 cm³/mol. The highest BCUT2D eigenvalue weighted by atomic mass is 32.1. The first-order valence-corrected chi connectivity index (χ1v) is 8.86. The number of primary amides is 1. The molecule has 2 aromatic rings. The average Bonchev–Trinajstić information content (AvgIpc) is 3.03. The number of aromatic nitrogens is 2. The summed E-state index contributed by atoms with van der Waals surface area (Å²) in [7, 11) is 0. The molecule has 1 aliphatic heterocycles. The Hall–Kier alpha value is -2.22. The predicted octanol–water partition coefficient (Wildman–Crippen LogP) is 0.960. The molecule has 0 radical (unpaired) electrons. The fraction of sp³-hybridized carbons (Fsp3) is 0.500. The van der Waals surface area contributed by atoms with Gasteiger partial charge in [0.2, 0.25) is 11.8 Å². The number of carbonyl (C=O) groups excluding carboxylic acids is 2. The normalized spacial score (nSPS) is 21.1. The lowest BCUT2D eigenvalue weighted by molar-refractivity contribution is -0.137. The molecule has 2 amide bonds. The van der Waals surface area contributed by atoms with Crippen molar-refractivity contribution < 1.29 is 9.59 Å². The molecule has 0 aliphatic carbocycles. The Morgan fingerprint density at radius 2 is 2.21 bits per heavy atom. The van der Waals surface area contributed by atoms with E-state index >= 15 is 0 Å². The molecule has 3 rings (SSSR count). The van der Waals surface area contributed by atoms with Crippen molar-refractivity contribution >= 4 is 33.4 Å². The van der Waals surface area contributed by atoms with Crippen LogP contribution in [0.15, 0.2) is 22.6 Å². The zero-order chi connectivity index (χ0) is 17.3. The van der Waals surface area contributed by atoms with Crippen molar-refractivity contribution in [3.05, 3.63) is 28.1 Å². The maximum atomic E-state index is 12.5. The summed E-state index contributed by atoms with van der Waals surface area (Å²) in [6, 6.07) is 1.83. The Balaban J connectivity index is 1.68. The second-order valence-electron chi connectivity index (χ2n) is 6.20. The van der Waals surface area contributed by atoms with Crippen LogP contribution in [-0.4, -0.2) is 38.9 Å². The summed E-state index contributed by atoms with van der Waals surface area (Å²) >= 11 is 1.42. The third kappa shape index (κ3) is 3.19. The highest BCUT2D eigenvalue weighted by molar-refractivity contribution is 7.16. The maximum Gasteiger partial charge on any atom is 0.262 e. The van der Waals surface area contributed by atoms with Gasteiger partial charge in [-0.25, -0.2) is 4.98 Å². The summed E-state index contributed by atoms with van der Waals surface area (Å²) in [6.45, 7) is 2.62. The van der Waals surface area contributed by atoms with E-state index in [4.69, 9.17) is 5.73 Å². The maximum absolute atomic E-state index is 12.5. The molecule has 2 atom stereocenters. The zero-order valence-corrected chi connectivity index (χ0v) is 14.3. The Labute approximate surface area is 143 Å². The van der Waals surface area contributed by atoms with Crippen LogP contribution in [0, 0.1) is 5.92 Å². The van der Waals surface area contributed by atoms with Gasteiger partial charge in [0.05, 0.1) is 17.6 Å². The largest absolute Gasteiger partial charge is 0.369 e. The van der Waals surface area contributed by atoms with Gasteiger partial charge in [-0.1, -0.05) is 0 Å². The Morgan fingerprint density at radius 1 is 1.42 bits per heavy atom. The topological polar surface area (TPSA) is 98.3 Å².